The van der Waals surface area contributed by atoms with Gasteiger partial charge in [0.05, 0.1) is 21.7 Å². The molecular weight excluding hydrogens is 319 g/mol. The normalized spacial score (nSPS) is 13.2. The summed E-state index contributed by atoms with van der Waals surface area (Å²) in [5.41, 5.74) is 1.00. The number of hydrogen-bond donors (Lipinski definition) is 3. The molecule has 0 fully saturated rings. The number of carbonyl (C=O) groups is 1. The second-order valence-electron chi connectivity index (χ2n) is 5.01. The maximum atomic E-state index is 13.7. The molecule has 0 saturated carbocycles. The van der Waals surface area contributed by atoms with E-state index >= 15 is 0 Å². The van der Waals surface area contributed by atoms with Gasteiger partial charge in [0.25, 0.3) is 0 Å². The van der Waals surface area contributed by atoms with Crippen LogP contribution in [0.25, 0.3) is 0 Å². The largest absolute Gasteiger partial charge is 0.508 e. The zero-order valence-corrected chi connectivity index (χ0v) is 13.5. The van der Waals surface area contributed by atoms with Crippen LogP contribution >= 0.6 is 0 Å². The molecule has 5 nitrogen and oxygen atoms in total. The third-order valence-electron chi connectivity index (χ3n) is 3.22. The Hall–Kier alpha value is -2.41. The highest BCUT2D eigenvalue weighted by molar-refractivity contribution is 7.84. The minimum atomic E-state index is -1.42. The third kappa shape index (κ3) is 4.53. The zero-order valence-electron chi connectivity index (χ0n) is 12.7. The Bertz CT molecular complexity index is 752. The molecule has 0 unspecified atom stereocenters. The van der Waals surface area contributed by atoms with Crippen LogP contribution in [-0.4, -0.2) is 21.6 Å². The van der Waals surface area contributed by atoms with Crippen molar-refractivity contribution in [2.24, 2.45) is 0 Å². The molecule has 0 spiro atoms. The highest BCUT2D eigenvalue weighted by Crippen LogP contribution is 2.19. The highest BCUT2D eigenvalue weighted by atomic mass is 32.2. The third-order valence-corrected chi connectivity index (χ3v) is 4.17. The summed E-state index contributed by atoms with van der Waals surface area (Å²) >= 11 is 0. The first-order chi connectivity index (χ1) is 10.9. The van der Waals surface area contributed by atoms with Gasteiger partial charge in [-0.3, -0.25) is 4.21 Å². The maximum absolute atomic E-state index is 13.7. The molecule has 122 valence electrons. The van der Waals surface area contributed by atoms with Gasteiger partial charge in [-0.15, -0.1) is 0 Å². The number of aromatic hydroxyl groups is 1. The van der Waals surface area contributed by atoms with Crippen LogP contribution < -0.4 is 10.6 Å². The summed E-state index contributed by atoms with van der Waals surface area (Å²) in [6, 6.07) is 9.68. The van der Waals surface area contributed by atoms with E-state index in [9.17, 15) is 18.5 Å². The minimum Gasteiger partial charge on any atom is -0.508 e. The molecule has 2 rings (SSSR count). The average Bonchev–Trinajstić information content (AvgIpc) is 2.46. The first-order valence-corrected chi connectivity index (χ1v) is 8.42. The van der Waals surface area contributed by atoms with Crippen LogP contribution in [0.5, 0.6) is 5.75 Å². The van der Waals surface area contributed by atoms with E-state index in [4.69, 9.17) is 0 Å². The van der Waals surface area contributed by atoms with E-state index in [-0.39, 0.29) is 22.4 Å². The number of halogens is 1. The van der Waals surface area contributed by atoms with Gasteiger partial charge in [0, 0.05) is 11.9 Å². The van der Waals surface area contributed by atoms with Crippen LogP contribution in [0.1, 0.15) is 18.5 Å². The molecule has 0 saturated heterocycles. The van der Waals surface area contributed by atoms with E-state index in [0.29, 0.717) is 0 Å². The number of benzene rings is 2. The average molecular weight is 336 g/mol. The Kier molecular flexibility index (Phi) is 5.33. The Morgan fingerprint density at radius 3 is 2.61 bits per heavy atom. The lowest BCUT2D eigenvalue weighted by Crippen LogP contribution is -2.31. The second-order valence-corrected chi connectivity index (χ2v) is 6.36. The number of rotatable bonds is 4. The predicted molar refractivity (Wildman–Crippen MR) is 87.4 cm³/mol. The molecule has 0 radical (unpaired) electrons. The summed E-state index contributed by atoms with van der Waals surface area (Å²) < 4.78 is 25.0. The minimum absolute atomic E-state index is 0.0871. The lowest BCUT2D eigenvalue weighted by molar-refractivity contribution is 0.249. The Labute approximate surface area is 136 Å². The quantitative estimate of drug-likeness (QED) is 0.802. The molecular formula is C16H17FN2O3S. The predicted octanol–water partition coefficient (Wildman–Crippen LogP) is 3.15. The molecule has 0 aliphatic carbocycles. The molecule has 2 atom stereocenters. The second kappa shape index (κ2) is 7.23. The van der Waals surface area contributed by atoms with Gasteiger partial charge in [0.1, 0.15) is 11.6 Å². The van der Waals surface area contributed by atoms with E-state index in [0.717, 1.165) is 11.6 Å². The zero-order chi connectivity index (χ0) is 17.0. The molecule has 0 heterocycles. The van der Waals surface area contributed by atoms with E-state index < -0.39 is 22.6 Å². The van der Waals surface area contributed by atoms with Crippen molar-refractivity contribution in [1.82, 2.24) is 5.32 Å². The standard InChI is InChI=1S/C16H17FN2O3S/c1-10(11-4-3-5-13(20)8-11)18-16(21)19-12-6-7-15(23(2)22)14(17)9-12/h3-10,20H,1-2H3,(H2,18,19,21)/t10-,23-/m0/s1. The molecule has 7 heteroatoms. The summed E-state index contributed by atoms with van der Waals surface area (Å²) in [5.74, 6) is -0.522. The summed E-state index contributed by atoms with van der Waals surface area (Å²) in [4.78, 5) is 12.0. The first kappa shape index (κ1) is 17.0. The molecule has 23 heavy (non-hydrogen) atoms. The van der Waals surface area contributed by atoms with Crippen LogP contribution in [0.3, 0.4) is 0 Å². The number of phenolic OH excluding ortho intramolecular Hbond substituents is 1. The van der Waals surface area contributed by atoms with Gasteiger partial charge in [-0.25, -0.2) is 9.18 Å². The molecule has 0 aliphatic heterocycles. The van der Waals surface area contributed by atoms with Gasteiger partial charge in [0.15, 0.2) is 0 Å². The summed E-state index contributed by atoms with van der Waals surface area (Å²) in [5, 5.41) is 14.6. The van der Waals surface area contributed by atoms with E-state index in [1.165, 1.54) is 24.5 Å². The summed E-state index contributed by atoms with van der Waals surface area (Å²) in [6.07, 6.45) is 1.38. The maximum Gasteiger partial charge on any atom is 0.319 e. The molecule has 2 aromatic rings. The van der Waals surface area contributed by atoms with Crippen molar-refractivity contribution in [1.29, 1.82) is 0 Å². The molecule has 0 bridgehead atoms. The van der Waals surface area contributed by atoms with Crippen LogP contribution in [0.15, 0.2) is 47.4 Å². The van der Waals surface area contributed by atoms with Gasteiger partial charge in [-0.1, -0.05) is 12.1 Å². The highest BCUT2D eigenvalue weighted by Gasteiger charge is 2.12. The van der Waals surface area contributed by atoms with Crippen molar-refractivity contribution in [3.63, 3.8) is 0 Å². The lowest BCUT2D eigenvalue weighted by atomic mass is 10.1. The van der Waals surface area contributed by atoms with Gasteiger partial charge in [-0.05, 0) is 42.8 Å². The number of amides is 2. The fourth-order valence-electron chi connectivity index (χ4n) is 2.05. The van der Waals surface area contributed by atoms with E-state index in [2.05, 4.69) is 10.6 Å². The molecule has 2 amide bonds. The molecule has 2 aromatic carbocycles. The fraction of sp³-hybridized carbons (Fsp3) is 0.188. The fourth-order valence-corrected chi connectivity index (χ4v) is 2.65. The smallest absolute Gasteiger partial charge is 0.319 e. The van der Waals surface area contributed by atoms with Crippen molar-refractivity contribution < 1.29 is 18.5 Å². The molecule has 0 aliphatic rings. The van der Waals surface area contributed by atoms with Gasteiger partial charge >= 0.3 is 6.03 Å². The lowest BCUT2D eigenvalue weighted by Gasteiger charge is -2.15. The molecule has 3 N–H and O–H groups in total. The number of hydrogen-bond acceptors (Lipinski definition) is 3. The topological polar surface area (TPSA) is 78.4 Å². The number of phenols is 1. The number of anilines is 1. The Balaban J connectivity index is 2.02. The summed E-state index contributed by atoms with van der Waals surface area (Å²) in [6.45, 7) is 1.76. The van der Waals surface area contributed by atoms with Crippen LogP contribution in [0.2, 0.25) is 0 Å². The van der Waals surface area contributed by atoms with E-state index in [1.807, 2.05) is 0 Å². The van der Waals surface area contributed by atoms with Crippen LogP contribution in [-0.2, 0) is 10.8 Å². The summed E-state index contributed by atoms with van der Waals surface area (Å²) in [7, 11) is -1.42. The van der Waals surface area contributed by atoms with E-state index in [1.54, 1.807) is 25.1 Å². The monoisotopic (exact) mass is 336 g/mol. The van der Waals surface area contributed by atoms with Gasteiger partial charge in [-0.2, -0.15) is 0 Å². The van der Waals surface area contributed by atoms with Crippen molar-refractivity contribution in [3.05, 3.63) is 53.8 Å². The van der Waals surface area contributed by atoms with Crippen molar-refractivity contribution in [2.75, 3.05) is 11.6 Å². The molecule has 0 aromatic heterocycles. The van der Waals surface area contributed by atoms with Gasteiger partial charge < -0.3 is 15.7 Å². The number of urea groups is 1. The van der Waals surface area contributed by atoms with Crippen molar-refractivity contribution in [2.45, 2.75) is 17.9 Å². The Morgan fingerprint density at radius 2 is 2.00 bits per heavy atom. The van der Waals surface area contributed by atoms with Crippen molar-refractivity contribution in [3.8, 4) is 5.75 Å². The van der Waals surface area contributed by atoms with Crippen LogP contribution in [0, 0.1) is 5.82 Å². The first-order valence-electron chi connectivity index (χ1n) is 6.86. The number of carbonyl (C=O) groups excluding carboxylic acids is 1. The van der Waals surface area contributed by atoms with Crippen molar-refractivity contribution >= 4 is 22.5 Å². The van der Waals surface area contributed by atoms with Gasteiger partial charge in [0.2, 0.25) is 0 Å². The Morgan fingerprint density at radius 1 is 1.26 bits per heavy atom. The van der Waals surface area contributed by atoms with Crippen LogP contribution in [0.4, 0.5) is 14.9 Å². The number of nitrogens with one attached hydrogen (secondary N) is 2. The SMILES string of the molecule is C[C@H](NC(=O)Nc1ccc([S@](C)=O)c(F)c1)c1cccc(O)c1.